The average Bonchev–Trinajstić information content (AvgIpc) is 2.85. The van der Waals surface area contributed by atoms with Gasteiger partial charge in [0, 0.05) is 44.0 Å². The second-order valence-corrected chi connectivity index (χ2v) is 5.92. The Kier molecular flexibility index (Phi) is 5.23. The first-order valence-electron chi connectivity index (χ1n) is 8.21. The van der Waals surface area contributed by atoms with Crippen molar-refractivity contribution in [3.05, 3.63) is 42.1 Å². The van der Waals surface area contributed by atoms with Gasteiger partial charge in [0.15, 0.2) is 17.5 Å². The first-order chi connectivity index (χ1) is 12.1. The Labute approximate surface area is 147 Å². The highest BCUT2D eigenvalue weighted by molar-refractivity contribution is 5.92. The second-order valence-electron chi connectivity index (χ2n) is 5.92. The molecule has 132 valence electrons. The third kappa shape index (κ3) is 4.32. The molecule has 1 aromatic heterocycles. The van der Waals surface area contributed by atoms with E-state index in [0.717, 1.165) is 35.0 Å². The number of benzene rings is 1. The molecule has 0 fully saturated rings. The number of rotatable bonds is 4. The molecule has 0 unspecified atom stereocenters. The number of hydrogen-bond acceptors (Lipinski definition) is 5. The summed E-state index contributed by atoms with van der Waals surface area (Å²) in [7, 11) is 3.91. The van der Waals surface area contributed by atoms with Crippen LogP contribution in [0.3, 0.4) is 0 Å². The van der Waals surface area contributed by atoms with Crippen LogP contribution in [-0.4, -0.2) is 38.3 Å². The number of aliphatic imine (C=N–C) groups is 1. The number of pyridine rings is 1. The van der Waals surface area contributed by atoms with E-state index in [9.17, 15) is 0 Å². The maximum absolute atomic E-state index is 6.02. The van der Waals surface area contributed by atoms with Crippen molar-refractivity contribution in [1.82, 2.24) is 4.98 Å². The zero-order valence-electron chi connectivity index (χ0n) is 14.5. The van der Waals surface area contributed by atoms with E-state index in [2.05, 4.69) is 15.3 Å². The molecule has 25 heavy (non-hydrogen) atoms. The van der Waals surface area contributed by atoms with Crippen LogP contribution in [0.2, 0.25) is 0 Å². The molecule has 3 rings (SSSR count). The van der Waals surface area contributed by atoms with E-state index in [-0.39, 0.29) is 0 Å². The van der Waals surface area contributed by atoms with Crippen molar-refractivity contribution in [1.29, 1.82) is 0 Å². The van der Waals surface area contributed by atoms with Gasteiger partial charge in [0.25, 0.3) is 0 Å². The van der Waals surface area contributed by atoms with E-state index in [1.807, 2.05) is 49.3 Å². The number of guanidine groups is 1. The number of ether oxygens (including phenoxy) is 2. The predicted octanol–water partition coefficient (Wildman–Crippen LogP) is 2.24. The summed E-state index contributed by atoms with van der Waals surface area (Å²) >= 11 is 0. The van der Waals surface area contributed by atoms with Crippen LogP contribution in [0.25, 0.3) is 0 Å². The van der Waals surface area contributed by atoms with Crippen LogP contribution < -0.4 is 25.4 Å². The first kappa shape index (κ1) is 16.9. The molecular weight excluding hydrogens is 318 g/mol. The highest BCUT2D eigenvalue weighted by Crippen LogP contribution is 2.32. The lowest BCUT2D eigenvalue weighted by atomic mass is 10.2. The summed E-state index contributed by atoms with van der Waals surface area (Å²) in [5.41, 5.74) is 7.84. The van der Waals surface area contributed by atoms with Crippen LogP contribution in [0.5, 0.6) is 11.5 Å². The predicted molar refractivity (Wildman–Crippen MR) is 99.6 cm³/mol. The van der Waals surface area contributed by atoms with Crippen molar-refractivity contribution >= 4 is 17.5 Å². The Hall–Kier alpha value is -2.96. The number of aromatic nitrogens is 1. The van der Waals surface area contributed by atoms with Crippen molar-refractivity contribution in [3.8, 4) is 11.5 Å². The number of nitrogens with two attached hydrogens (primary N) is 1. The monoisotopic (exact) mass is 341 g/mol. The van der Waals surface area contributed by atoms with Crippen molar-refractivity contribution in [2.45, 2.75) is 13.0 Å². The highest BCUT2D eigenvalue weighted by atomic mass is 16.5. The molecule has 7 heteroatoms. The molecule has 0 aliphatic carbocycles. The lowest BCUT2D eigenvalue weighted by molar-refractivity contribution is 0.297. The van der Waals surface area contributed by atoms with Crippen LogP contribution in [0.1, 0.15) is 12.0 Å². The van der Waals surface area contributed by atoms with Crippen molar-refractivity contribution in [2.75, 3.05) is 37.5 Å². The lowest BCUT2D eigenvalue weighted by Gasteiger charge is -2.15. The van der Waals surface area contributed by atoms with Crippen molar-refractivity contribution in [2.24, 2.45) is 10.7 Å². The zero-order chi connectivity index (χ0) is 17.6. The number of hydrogen-bond donors (Lipinski definition) is 2. The summed E-state index contributed by atoms with van der Waals surface area (Å²) < 4.78 is 11.3. The molecule has 1 aliphatic rings. The van der Waals surface area contributed by atoms with Crippen molar-refractivity contribution < 1.29 is 9.47 Å². The topological polar surface area (TPSA) is 85.0 Å². The Bertz CT molecular complexity index is 761. The third-order valence-electron chi connectivity index (χ3n) is 3.73. The quantitative estimate of drug-likeness (QED) is 0.655. The van der Waals surface area contributed by atoms with Crippen LogP contribution >= 0.6 is 0 Å². The van der Waals surface area contributed by atoms with E-state index in [4.69, 9.17) is 15.2 Å². The first-order valence-corrected chi connectivity index (χ1v) is 8.21. The minimum atomic E-state index is 0.336. The van der Waals surface area contributed by atoms with Gasteiger partial charge in [0.2, 0.25) is 0 Å². The molecule has 3 N–H and O–H groups in total. The Morgan fingerprint density at radius 1 is 1.24 bits per heavy atom. The molecule has 0 saturated carbocycles. The molecule has 1 aliphatic heterocycles. The Morgan fingerprint density at radius 3 is 2.84 bits per heavy atom. The fourth-order valence-electron chi connectivity index (χ4n) is 2.56. The van der Waals surface area contributed by atoms with Gasteiger partial charge in [0.05, 0.1) is 19.8 Å². The summed E-state index contributed by atoms with van der Waals surface area (Å²) in [5.74, 6) is 2.69. The molecule has 2 aromatic rings. The van der Waals surface area contributed by atoms with E-state index < -0.39 is 0 Å². The summed E-state index contributed by atoms with van der Waals surface area (Å²) in [6.45, 7) is 1.77. The van der Waals surface area contributed by atoms with Gasteiger partial charge in [-0.25, -0.2) is 9.98 Å². The van der Waals surface area contributed by atoms with E-state index in [1.165, 1.54) is 0 Å². The summed E-state index contributed by atoms with van der Waals surface area (Å²) in [4.78, 5) is 10.7. The number of nitrogens with one attached hydrogen (secondary N) is 1. The summed E-state index contributed by atoms with van der Waals surface area (Å²) in [5, 5.41) is 3.09. The molecule has 0 atom stereocenters. The molecule has 7 nitrogen and oxygen atoms in total. The fourth-order valence-corrected chi connectivity index (χ4v) is 2.56. The van der Waals surface area contributed by atoms with E-state index >= 15 is 0 Å². The standard InChI is InChI=1S/C18H23N5O2/c1-23(2)17-13(5-3-8-20-17)12-21-18(19)22-14-6-7-15-16(11-14)25-10-4-9-24-15/h3,5-8,11H,4,9-10,12H2,1-2H3,(H3,19,21,22). The van der Waals surface area contributed by atoms with E-state index in [0.29, 0.717) is 25.7 Å². The maximum Gasteiger partial charge on any atom is 0.193 e. The summed E-state index contributed by atoms with van der Waals surface area (Å²) in [6, 6.07) is 9.53. The number of nitrogens with zero attached hydrogens (tertiary/aromatic N) is 3. The van der Waals surface area contributed by atoms with Crippen molar-refractivity contribution in [3.63, 3.8) is 0 Å². The smallest absolute Gasteiger partial charge is 0.193 e. The van der Waals surface area contributed by atoms with Crippen LogP contribution in [0.15, 0.2) is 41.5 Å². The number of anilines is 2. The average molecular weight is 341 g/mol. The van der Waals surface area contributed by atoms with Gasteiger partial charge in [-0.05, 0) is 18.2 Å². The fraction of sp³-hybridized carbons (Fsp3) is 0.333. The Morgan fingerprint density at radius 2 is 2.04 bits per heavy atom. The molecule has 0 spiro atoms. The highest BCUT2D eigenvalue weighted by Gasteiger charge is 2.11. The van der Waals surface area contributed by atoms with E-state index in [1.54, 1.807) is 6.20 Å². The van der Waals surface area contributed by atoms with Gasteiger partial charge in [-0.1, -0.05) is 6.07 Å². The molecule has 0 bridgehead atoms. The molecule has 0 saturated heterocycles. The summed E-state index contributed by atoms with van der Waals surface area (Å²) in [6.07, 6.45) is 2.64. The third-order valence-corrected chi connectivity index (χ3v) is 3.73. The lowest BCUT2D eigenvalue weighted by Crippen LogP contribution is -2.23. The van der Waals surface area contributed by atoms with Crippen LogP contribution in [0.4, 0.5) is 11.5 Å². The minimum absolute atomic E-state index is 0.336. The van der Waals surface area contributed by atoms with Gasteiger partial charge in [0.1, 0.15) is 5.82 Å². The van der Waals surface area contributed by atoms with Crippen LogP contribution in [0, 0.1) is 0 Å². The van der Waals surface area contributed by atoms with Gasteiger partial charge in [-0.3, -0.25) is 0 Å². The van der Waals surface area contributed by atoms with Gasteiger partial charge in [-0.15, -0.1) is 0 Å². The largest absolute Gasteiger partial charge is 0.490 e. The second kappa shape index (κ2) is 7.74. The van der Waals surface area contributed by atoms with Gasteiger partial charge >= 0.3 is 0 Å². The Balaban J connectivity index is 1.69. The minimum Gasteiger partial charge on any atom is -0.490 e. The molecule has 0 amide bonds. The zero-order valence-corrected chi connectivity index (χ0v) is 14.5. The van der Waals surface area contributed by atoms with Crippen LogP contribution in [-0.2, 0) is 6.54 Å². The molecule has 1 aromatic carbocycles. The molecular formula is C18H23N5O2. The molecule has 2 heterocycles. The number of fused-ring (bicyclic) bond motifs is 1. The van der Waals surface area contributed by atoms with Gasteiger partial charge < -0.3 is 25.4 Å². The van der Waals surface area contributed by atoms with Gasteiger partial charge in [-0.2, -0.15) is 0 Å². The SMILES string of the molecule is CN(C)c1ncccc1CN=C(N)Nc1ccc2c(c1)OCCCO2. The maximum atomic E-state index is 6.02. The molecule has 0 radical (unpaired) electrons. The normalized spacial score (nSPS) is 13.9.